The molecule has 2 heterocycles. The Morgan fingerprint density at radius 3 is 2.32 bits per heavy atom. The van der Waals surface area contributed by atoms with E-state index in [1.807, 2.05) is 0 Å². The zero-order valence-corrected chi connectivity index (χ0v) is 19.9. The largest absolute Gasteiger partial charge is 0.505 e. The summed E-state index contributed by atoms with van der Waals surface area (Å²) in [4.78, 5) is 12.0. The molecule has 0 radical (unpaired) electrons. The minimum absolute atomic E-state index is 0.0999. The van der Waals surface area contributed by atoms with Crippen molar-refractivity contribution in [2.75, 3.05) is 58.1 Å². The number of fused-ring (bicyclic) bond motifs is 3. The quantitative estimate of drug-likeness (QED) is 0.362. The molecule has 0 saturated carbocycles. The van der Waals surface area contributed by atoms with Gasteiger partial charge in [0.2, 0.25) is 5.43 Å². The van der Waals surface area contributed by atoms with E-state index in [1.165, 1.54) is 0 Å². The van der Waals surface area contributed by atoms with Crippen LogP contribution < -0.4 is 15.5 Å². The number of phenolic OH excluding ortho intramolecular Hbond substituents is 1. The van der Waals surface area contributed by atoms with Crippen LogP contribution in [-0.4, -0.2) is 57.9 Å². The van der Waals surface area contributed by atoms with Crippen LogP contribution in [0.2, 0.25) is 0 Å². The summed E-state index contributed by atoms with van der Waals surface area (Å²) in [6.07, 6.45) is 0. The highest BCUT2D eigenvalue weighted by atomic mass is 19.1. The summed E-state index contributed by atoms with van der Waals surface area (Å²) in [5.41, 5.74) is 1.26. The molecule has 194 valence electrons. The highest BCUT2D eigenvalue weighted by Gasteiger charge is 2.22. The van der Waals surface area contributed by atoms with Crippen molar-refractivity contribution in [2.24, 2.45) is 0 Å². The molecule has 0 aromatic heterocycles. The Balaban J connectivity index is 1.61. The first-order chi connectivity index (χ1) is 18.0. The normalized spacial score (nSPS) is 15.8. The highest BCUT2D eigenvalue weighted by Crippen LogP contribution is 2.43. The van der Waals surface area contributed by atoms with Gasteiger partial charge in [0.05, 0.1) is 45.3 Å². The van der Waals surface area contributed by atoms with Crippen LogP contribution >= 0.6 is 0 Å². The minimum atomic E-state index is -0.962. The van der Waals surface area contributed by atoms with E-state index < -0.39 is 22.8 Å². The molecular formula is C27H25F2NO7. The monoisotopic (exact) mass is 513 g/mol. The van der Waals surface area contributed by atoms with Gasteiger partial charge in [-0.3, -0.25) is 4.79 Å². The summed E-state index contributed by atoms with van der Waals surface area (Å²) >= 11 is 0. The van der Waals surface area contributed by atoms with E-state index in [1.54, 1.807) is 18.2 Å². The molecule has 0 saturated heterocycles. The zero-order valence-electron chi connectivity index (χ0n) is 19.9. The zero-order chi connectivity index (χ0) is 25.8. The molecule has 8 nitrogen and oxygen atoms in total. The second-order valence-corrected chi connectivity index (χ2v) is 8.38. The Kier molecular flexibility index (Phi) is 7.50. The van der Waals surface area contributed by atoms with Gasteiger partial charge in [-0.05, 0) is 29.8 Å². The molecule has 1 aliphatic carbocycles. The lowest BCUT2D eigenvalue weighted by atomic mass is 9.93. The maximum absolute atomic E-state index is 14.4. The SMILES string of the molecule is O=c1cc2oc3cc(O)c(F)cc3c(-c3ccc4c(c3)OCCOCCOCCOCCN4)c-2cc1F. The Hall–Kier alpha value is -3.73. The van der Waals surface area contributed by atoms with Gasteiger partial charge in [0.15, 0.2) is 17.4 Å². The lowest BCUT2D eigenvalue weighted by Crippen LogP contribution is -2.13. The number of anilines is 1. The number of rotatable bonds is 1. The fourth-order valence-corrected chi connectivity index (χ4v) is 4.17. The van der Waals surface area contributed by atoms with Gasteiger partial charge in [0.25, 0.3) is 0 Å². The Bertz CT molecular complexity index is 1440. The number of nitrogens with one attached hydrogen (secondary N) is 1. The van der Waals surface area contributed by atoms with E-state index in [4.69, 9.17) is 23.4 Å². The highest BCUT2D eigenvalue weighted by molar-refractivity contribution is 6.02. The molecule has 10 heteroatoms. The molecule has 2 aromatic carbocycles. The van der Waals surface area contributed by atoms with Gasteiger partial charge in [-0.2, -0.15) is 0 Å². The Labute approximate surface area is 210 Å². The third-order valence-corrected chi connectivity index (χ3v) is 5.90. The Morgan fingerprint density at radius 2 is 1.54 bits per heavy atom. The fraction of sp³-hybridized carbons (Fsp3) is 0.296. The number of halogens is 2. The molecule has 0 amide bonds. The molecule has 2 aromatic rings. The molecule has 5 rings (SSSR count). The van der Waals surface area contributed by atoms with Crippen molar-refractivity contribution >= 4 is 16.7 Å². The summed E-state index contributed by atoms with van der Waals surface area (Å²) in [5.74, 6) is -1.84. The number of phenols is 1. The Morgan fingerprint density at radius 1 is 0.811 bits per heavy atom. The number of hydrogen-bond donors (Lipinski definition) is 2. The van der Waals surface area contributed by atoms with Crippen molar-refractivity contribution in [3.63, 3.8) is 0 Å². The standard InChI is InChI=1S/C27H25F2NO7/c28-19-12-17-24(14-22(19)31)37-25-15-23(32)20(29)13-18(25)27(17)16-1-2-21-26(11-16)36-10-9-35-8-7-34-6-5-33-4-3-30-21/h1-2,11-15,30-31H,3-10H2. The van der Waals surface area contributed by atoms with E-state index in [9.17, 15) is 18.7 Å². The second-order valence-electron chi connectivity index (χ2n) is 8.38. The van der Waals surface area contributed by atoms with Gasteiger partial charge < -0.3 is 33.8 Å². The maximum atomic E-state index is 14.4. The lowest BCUT2D eigenvalue weighted by molar-refractivity contribution is 0.0114. The fourth-order valence-electron chi connectivity index (χ4n) is 4.17. The summed E-state index contributed by atoms with van der Waals surface area (Å²) in [7, 11) is 0. The van der Waals surface area contributed by atoms with Gasteiger partial charge in [0, 0.05) is 35.2 Å². The van der Waals surface area contributed by atoms with Gasteiger partial charge in [-0.1, -0.05) is 6.07 Å². The van der Waals surface area contributed by atoms with Crippen LogP contribution in [0.3, 0.4) is 0 Å². The van der Waals surface area contributed by atoms with E-state index in [0.29, 0.717) is 74.1 Å². The van der Waals surface area contributed by atoms with Crippen LogP contribution in [0.15, 0.2) is 51.7 Å². The maximum Gasteiger partial charge on any atom is 0.217 e. The molecule has 0 unspecified atom stereocenters. The lowest BCUT2D eigenvalue weighted by Gasteiger charge is -2.18. The summed E-state index contributed by atoms with van der Waals surface area (Å²) < 4.78 is 57.1. The van der Waals surface area contributed by atoms with Crippen LogP contribution in [-0.2, 0) is 14.2 Å². The topological polar surface area (TPSA) is 99.4 Å². The summed E-state index contributed by atoms with van der Waals surface area (Å²) in [5, 5.41) is 13.5. The first-order valence-electron chi connectivity index (χ1n) is 11.8. The molecule has 2 N–H and O–H groups in total. The first kappa shape index (κ1) is 24.9. The molecule has 3 aliphatic rings. The van der Waals surface area contributed by atoms with Crippen LogP contribution in [0, 0.1) is 11.6 Å². The number of benzene rings is 3. The number of ether oxygens (including phenoxy) is 4. The molecule has 0 bridgehead atoms. The van der Waals surface area contributed by atoms with Crippen molar-refractivity contribution < 1.29 is 37.3 Å². The van der Waals surface area contributed by atoms with Crippen LogP contribution in [0.4, 0.5) is 14.5 Å². The van der Waals surface area contributed by atoms with E-state index in [0.717, 1.165) is 24.3 Å². The van der Waals surface area contributed by atoms with E-state index in [2.05, 4.69) is 5.32 Å². The number of hydrogen-bond acceptors (Lipinski definition) is 8. The van der Waals surface area contributed by atoms with E-state index >= 15 is 0 Å². The third kappa shape index (κ3) is 5.51. The molecule has 0 atom stereocenters. The van der Waals surface area contributed by atoms with Crippen LogP contribution in [0.25, 0.3) is 33.4 Å². The molecule has 0 fully saturated rings. The van der Waals surface area contributed by atoms with Crippen molar-refractivity contribution in [3.05, 3.63) is 64.3 Å². The van der Waals surface area contributed by atoms with Crippen molar-refractivity contribution in [1.29, 1.82) is 0 Å². The van der Waals surface area contributed by atoms with Gasteiger partial charge >= 0.3 is 0 Å². The predicted octanol–water partition coefficient (Wildman–Crippen LogP) is 4.40. The summed E-state index contributed by atoms with van der Waals surface area (Å²) in [6, 6.07) is 9.67. The van der Waals surface area contributed by atoms with Crippen LogP contribution in [0.1, 0.15) is 0 Å². The van der Waals surface area contributed by atoms with Gasteiger partial charge in [-0.25, -0.2) is 8.78 Å². The average molecular weight is 513 g/mol. The first-order valence-corrected chi connectivity index (χ1v) is 11.8. The molecular weight excluding hydrogens is 488 g/mol. The molecule has 2 aliphatic heterocycles. The number of aromatic hydroxyl groups is 1. The average Bonchev–Trinajstić information content (AvgIpc) is 2.88. The third-order valence-electron chi connectivity index (χ3n) is 5.90. The van der Waals surface area contributed by atoms with Crippen molar-refractivity contribution in [2.45, 2.75) is 0 Å². The van der Waals surface area contributed by atoms with E-state index in [-0.39, 0.29) is 23.5 Å². The second kappa shape index (κ2) is 11.1. The summed E-state index contributed by atoms with van der Waals surface area (Å²) in [6.45, 7) is 3.40. The molecule has 37 heavy (non-hydrogen) atoms. The predicted molar refractivity (Wildman–Crippen MR) is 133 cm³/mol. The van der Waals surface area contributed by atoms with Gasteiger partial charge in [0.1, 0.15) is 23.7 Å². The van der Waals surface area contributed by atoms with Gasteiger partial charge in [-0.15, -0.1) is 0 Å². The molecule has 0 spiro atoms. The van der Waals surface area contributed by atoms with Crippen LogP contribution in [0.5, 0.6) is 11.5 Å². The van der Waals surface area contributed by atoms with Crippen molar-refractivity contribution in [1.82, 2.24) is 0 Å². The smallest absolute Gasteiger partial charge is 0.217 e. The van der Waals surface area contributed by atoms with Crippen molar-refractivity contribution in [3.8, 4) is 33.9 Å². The minimum Gasteiger partial charge on any atom is -0.505 e.